The van der Waals surface area contributed by atoms with Crippen molar-refractivity contribution in [2.75, 3.05) is 13.6 Å². The van der Waals surface area contributed by atoms with Crippen LogP contribution >= 0.6 is 0 Å². The number of carboxylic acids is 1. The number of benzene rings is 1. The largest absolute Gasteiger partial charge is 0.480 e. The van der Waals surface area contributed by atoms with Crippen LogP contribution in [0, 0.1) is 0 Å². The van der Waals surface area contributed by atoms with Crippen LogP contribution in [0.5, 0.6) is 0 Å². The molecule has 0 saturated carbocycles. The molecule has 0 fully saturated rings. The summed E-state index contributed by atoms with van der Waals surface area (Å²) in [5, 5.41) is 9.49. The maximum Gasteiger partial charge on any atom is 0.329 e. The molecular formula is C15H24N2O2. The number of nitrogens with two attached hydrogens (primary N) is 1. The molecule has 106 valence electrons. The lowest BCUT2D eigenvalue weighted by atomic mass is 9.90. The Hall–Kier alpha value is -1.39. The van der Waals surface area contributed by atoms with E-state index < -0.39 is 11.5 Å². The Morgan fingerprint density at radius 1 is 1.42 bits per heavy atom. The molecule has 0 aliphatic heterocycles. The Balaban J connectivity index is 2.93. The van der Waals surface area contributed by atoms with E-state index in [4.69, 9.17) is 5.73 Å². The molecule has 0 saturated heterocycles. The van der Waals surface area contributed by atoms with Crippen molar-refractivity contribution in [2.24, 2.45) is 5.73 Å². The van der Waals surface area contributed by atoms with Gasteiger partial charge in [-0.1, -0.05) is 43.7 Å². The molecule has 0 radical (unpaired) electrons. The Labute approximate surface area is 115 Å². The zero-order valence-electron chi connectivity index (χ0n) is 12.0. The van der Waals surface area contributed by atoms with E-state index in [-0.39, 0.29) is 0 Å². The first kappa shape index (κ1) is 15.7. The first-order chi connectivity index (χ1) is 8.91. The lowest BCUT2D eigenvalue weighted by molar-refractivity contribution is -0.144. The van der Waals surface area contributed by atoms with Crippen molar-refractivity contribution in [2.45, 2.75) is 38.3 Å². The van der Waals surface area contributed by atoms with Crippen LogP contribution in [-0.4, -0.2) is 35.6 Å². The standard InChI is InChI=1S/C15H24N2O2/c1-4-8-12(2)17(3)11-15(16,14(18)19)13-9-6-5-7-10-13/h5-7,9-10,12H,4,8,11,16H2,1-3H3,(H,18,19). The summed E-state index contributed by atoms with van der Waals surface area (Å²) in [7, 11) is 1.92. The Kier molecular flexibility index (Phi) is 5.51. The van der Waals surface area contributed by atoms with Gasteiger partial charge < -0.3 is 15.7 Å². The van der Waals surface area contributed by atoms with Gasteiger partial charge in [0.05, 0.1) is 0 Å². The van der Waals surface area contributed by atoms with Crippen LogP contribution in [0.4, 0.5) is 0 Å². The van der Waals surface area contributed by atoms with E-state index in [2.05, 4.69) is 13.8 Å². The summed E-state index contributed by atoms with van der Waals surface area (Å²) >= 11 is 0. The quantitative estimate of drug-likeness (QED) is 0.791. The molecule has 4 nitrogen and oxygen atoms in total. The minimum Gasteiger partial charge on any atom is -0.480 e. The van der Waals surface area contributed by atoms with Crippen LogP contribution in [-0.2, 0) is 10.3 Å². The fraction of sp³-hybridized carbons (Fsp3) is 0.533. The van der Waals surface area contributed by atoms with Gasteiger partial charge in [0, 0.05) is 12.6 Å². The van der Waals surface area contributed by atoms with Crippen molar-refractivity contribution in [3.05, 3.63) is 35.9 Å². The van der Waals surface area contributed by atoms with Crippen LogP contribution < -0.4 is 5.73 Å². The van der Waals surface area contributed by atoms with Crippen LogP contribution in [0.2, 0.25) is 0 Å². The molecule has 2 atom stereocenters. The molecule has 19 heavy (non-hydrogen) atoms. The van der Waals surface area contributed by atoms with Crippen LogP contribution in [0.15, 0.2) is 30.3 Å². The van der Waals surface area contributed by atoms with Gasteiger partial charge in [-0.3, -0.25) is 0 Å². The highest BCUT2D eigenvalue weighted by Crippen LogP contribution is 2.21. The van der Waals surface area contributed by atoms with E-state index >= 15 is 0 Å². The molecule has 0 aliphatic rings. The molecule has 0 bridgehead atoms. The van der Waals surface area contributed by atoms with E-state index in [1.165, 1.54) is 0 Å². The fourth-order valence-electron chi connectivity index (χ4n) is 2.21. The van der Waals surface area contributed by atoms with Gasteiger partial charge >= 0.3 is 5.97 Å². The summed E-state index contributed by atoms with van der Waals surface area (Å²) in [4.78, 5) is 13.6. The van der Waals surface area contributed by atoms with Gasteiger partial charge in [-0.05, 0) is 26.0 Å². The van der Waals surface area contributed by atoms with Gasteiger partial charge in [-0.2, -0.15) is 0 Å². The molecule has 1 aromatic rings. The number of hydrogen-bond donors (Lipinski definition) is 2. The number of rotatable bonds is 7. The summed E-state index contributed by atoms with van der Waals surface area (Å²) in [5.74, 6) is -0.991. The number of carbonyl (C=O) groups is 1. The molecule has 0 spiro atoms. The number of nitrogens with zero attached hydrogens (tertiary/aromatic N) is 1. The Morgan fingerprint density at radius 3 is 2.47 bits per heavy atom. The third-order valence-corrected chi connectivity index (χ3v) is 3.63. The molecule has 3 N–H and O–H groups in total. The number of hydrogen-bond acceptors (Lipinski definition) is 3. The third-order valence-electron chi connectivity index (χ3n) is 3.63. The van der Waals surface area contributed by atoms with Gasteiger partial charge in [-0.15, -0.1) is 0 Å². The van der Waals surface area contributed by atoms with Crippen LogP contribution in [0.3, 0.4) is 0 Å². The molecule has 0 heterocycles. The van der Waals surface area contributed by atoms with Crippen LogP contribution in [0.1, 0.15) is 32.3 Å². The average Bonchev–Trinajstić information content (AvgIpc) is 2.39. The smallest absolute Gasteiger partial charge is 0.329 e. The van der Waals surface area contributed by atoms with Crippen LogP contribution in [0.25, 0.3) is 0 Å². The summed E-state index contributed by atoms with van der Waals surface area (Å²) in [5.41, 5.74) is 5.43. The van der Waals surface area contributed by atoms with E-state index in [1.54, 1.807) is 12.1 Å². The van der Waals surface area contributed by atoms with Gasteiger partial charge in [0.25, 0.3) is 0 Å². The van der Waals surface area contributed by atoms with Gasteiger partial charge in [0.2, 0.25) is 0 Å². The normalized spacial score (nSPS) is 16.1. The highest BCUT2D eigenvalue weighted by atomic mass is 16.4. The minimum absolute atomic E-state index is 0.299. The van der Waals surface area contributed by atoms with E-state index in [1.807, 2.05) is 30.1 Å². The van der Waals surface area contributed by atoms with Crippen molar-refractivity contribution < 1.29 is 9.90 Å². The summed E-state index contributed by atoms with van der Waals surface area (Å²) < 4.78 is 0. The fourth-order valence-corrected chi connectivity index (χ4v) is 2.21. The second-order valence-electron chi connectivity index (χ2n) is 5.20. The lowest BCUT2D eigenvalue weighted by Crippen LogP contribution is -2.54. The maximum absolute atomic E-state index is 11.6. The predicted molar refractivity (Wildman–Crippen MR) is 76.9 cm³/mol. The topological polar surface area (TPSA) is 66.6 Å². The molecule has 1 rings (SSSR count). The van der Waals surface area contributed by atoms with Crippen molar-refractivity contribution in [3.63, 3.8) is 0 Å². The monoisotopic (exact) mass is 264 g/mol. The zero-order valence-corrected chi connectivity index (χ0v) is 12.0. The molecule has 1 aromatic carbocycles. The maximum atomic E-state index is 11.6. The van der Waals surface area contributed by atoms with E-state index in [0.29, 0.717) is 18.2 Å². The Morgan fingerprint density at radius 2 is 2.00 bits per heavy atom. The van der Waals surface area contributed by atoms with Crippen molar-refractivity contribution in [1.82, 2.24) is 4.90 Å². The first-order valence-electron chi connectivity index (χ1n) is 6.69. The minimum atomic E-state index is -1.36. The van der Waals surface area contributed by atoms with E-state index in [0.717, 1.165) is 12.8 Å². The van der Waals surface area contributed by atoms with E-state index in [9.17, 15) is 9.90 Å². The number of aliphatic carboxylic acids is 1. The molecule has 0 aromatic heterocycles. The summed E-state index contributed by atoms with van der Waals surface area (Å²) in [6, 6.07) is 9.34. The molecular weight excluding hydrogens is 240 g/mol. The Bertz CT molecular complexity index is 408. The highest BCUT2D eigenvalue weighted by Gasteiger charge is 2.37. The van der Waals surface area contributed by atoms with Crippen molar-refractivity contribution >= 4 is 5.97 Å². The predicted octanol–water partition coefficient (Wildman–Crippen LogP) is 2.05. The lowest BCUT2D eigenvalue weighted by Gasteiger charge is -2.33. The first-order valence-corrected chi connectivity index (χ1v) is 6.69. The molecule has 4 heteroatoms. The molecule has 0 amide bonds. The van der Waals surface area contributed by atoms with Gasteiger partial charge in [-0.25, -0.2) is 4.79 Å². The van der Waals surface area contributed by atoms with Crippen molar-refractivity contribution in [1.29, 1.82) is 0 Å². The molecule has 0 aliphatic carbocycles. The zero-order chi connectivity index (χ0) is 14.5. The van der Waals surface area contributed by atoms with Crippen molar-refractivity contribution in [3.8, 4) is 0 Å². The summed E-state index contributed by atoms with van der Waals surface area (Å²) in [6.45, 7) is 4.51. The number of carboxylic acid groups (broad SMARTS) is 1. The third kappa shape index (κ3) is 3.78. The molecule has 2 unspecified atom stereocenters. The SMILES string of the molecule is CCCC(C)N(C)CC(N)(C(=O)O)c1ccccc1. The summed E-state index contributed by atoms with van der Waals surface area (Å²) in [6.07, 6.45) is 2.10. The number of likely N-dealkylation sites (N-methyl/N-ethyl adjacent to an activating group) is 1. The van der Waals surface area contributed by atoms with Gasteiger partial charge in [0.1, 0.15) is 0 Å². The second-order valence-corrected chi connectivity index (χ2v) is 5.20. The highest BCUT2D eigenvalue weighted by molar-refractivity contribution is 5.80. The second kappa shape index (κ2) is 6.68. The average molecular weight is 264 g/mol. The van der Waals surface area contributed by atoms with Gasteiger partial charge in [0.15, 0.2) is 5.54 Å².